The molecule has 1 fully saturated rings. The zero-order valence-electron chi connectivity index (χ0n) is 17.0. The maximum atomic E-state index is 12.6. The van der Waals surface area contributed by atoms with Crippen molar-refractivity contribution < 1.29 is 9.59 Å². The van der Waals surface area contributed by atoms with Crippen LogP contribution in [0.4, 0.5) is 5.69 Å². The van der Waals surface area contributed by atoms with Gasteiger partial charge in [-0.2, -0.15) is 5.10 Å². The number of hydrazone groups is 1. The molecule has 0 bridgehead atoms. The van der Waals surface area contributed by atoms with Gasteiger partial charge < -0.3 is 5.32 Å². The molecule has 30 heavy (non-hydrogen) atoms. The number of benzene rings is 3. The van der Waals surface area contributed by atoms with Crippen molar-refractivity contribution in [2.45, 2.75) is 32.6 Å². The van der Waals surface area contributed by atoms with E-state index >= 15 is 0 Å². The molecular weight excluding hydrogens is 374 g/mol. The van der Waals surface area contributed by atoms with Gasteiger partial charge in [0.1, 0.15) is 0 Å². The van der Waals surface area contributed by atoms with Gasteiger partial charge in [0.15, 0.2) is 0 Å². The summed E-state index contributed by atoms with van der Waals surface area (Å²) in [7, 11) is 0. The third kappa shape index (κ3) is 4.40. The Kier molecular flexibility index (Phi) is 5.89. The first-order valence-electron chi connectivity index (χ1n) is 10.4. The van der Waals surface area contributed by atoms with Crippen molar-refractivity contribution >= 4 is 34.0 Å². The Morgan fingerprint density at radius 1 is 0.900 bits per heavy atom. The van der Waals surface area contributed by atoms with Crippen molar-refractivity contribution in [3.05, 3.63) is 77.9 Å². The van der Waals surface area contributed by atoms with E-state index in [1.165, 1.54) is 0 Å². The van der Waals surface area contributed by atoms with Crippen LogP contribution < -0.4 is 10.7 Å². The van der Waals surface area contributed by atoms with Gasteiger partial charge >= 0.3 is 0 Å². The van der Waals surface area contributed by atoms with Gasteiger partial charge in [-0.1, -0.05) is 61.4 Å². The summed E-state index contributed by atoms with van der Waals surface area (Å²) < 4.78 is 0. The van der Waals surface area contributed by atoms with E-state index in [4.69, 9.17) is 0 Å². The van der Waals surface area contributed by atoms with Crippen molar-refractivity contribution in [2.75, 3.05) is 5.32 Å². The predicted molar refractivity (Wildman–Crippen MR) is 121 cm³/mol. The molecule has 0 saturated heterocycles. The molecule has 0 aliphatic heterocycles. The standard InChI is InChI=1S/C25H25N3O2/c1-17(18-13-15-21(16-14-18)26-24(29)20-8-2-3-9-20)27-28-25(30)23-12-6-10-19-7-4-5-11-22(19)23/h4-7,10-16,20H,2-3,8-9H2,1H3,(H,26,29)(H,28,30)/b27-17+. The van der Waals surface area contributed by atoms with Crippen molar-refractivity contribution in [1.82, 2.24) is 5.43 Å². The summed E-state index contributed by atoms with van der Waals surface area (Å²) >= 11 is 0. The molecule has 4 rings (SSSR count). The van der Waals surface area contributed by atoms with Crippen LogP contribution in [0.15, 0.2) is 71.8 Å². The summed E-state index contributed by atoms with van der Waals surface area (Å²) in [4.78, 5) is 24.9. The number of amides is 2. The zero-order valence-corrected chi connectivity index (χ0v) is 17.0. The maximum absolute atomic E-state index is 12.6. The highest BCUT2D eigenvalue weighted by molar-refractivity contribution is 6.08. The van der Waals surface area contributed by atoms with Gasteiger partial charge in [-0.25, -0.2) is 5.43 Å². The van der Waals surface area contributed by atoms with Crippen molar-refractivity contribution in [1.29, 1.82) is 0 Å². The van der Waals surface area contributed by atoms with Crippen LogP contribution in [0.1, 0.15) is 48.5 Å². The predicted octanol–water partition coefficient (Wildman–Crippen LogP) is 5.12. The third-order valence-corrected chi connectivity index (χ3v) is 5.66. The van der Waals surface area contributed by atoms with Crippen LogP contribution in [0.25, 0.3) is 10.8 Å². The number of carbonyl (C=O) groups is 2. The second kappa shape index (κ2) is 8.91. The molecule has 0 atom stereocenters. The molecule has 0 radical (unpaired) electrons. The molecule has 0 aromatic heterocycles. The fourth-order valence-electron chi connectivity index (χ4n) is 3.91. The van der Waals surface area contributed by atoms with Crippen LogP contribution >= 0.6 is 0 Å². The molecule has 5 heteroatoms. The third-order valence-electron chi connectivity index (χ3n) is 5.66. The SMILES string of the molecule is C/C(=N\NC(=O)c1cccc2ccccc12)c1ccc(NC(=O)C2CCCC2)cc1. The molecular formula is C25H25N3O2. The molecule has 1 aliphatic rings. The fourth-order valence-corrected chi connectivity index (χ4v) is 3.91. The van der Waals surface area contributed by atoms with Crippen LogP contribution in [0, 0.1) is 5.92 Å². The summed E-state index contributed by atoms with van der Waals surface area (Å²) in [5.41, 5.74) is 5.60. The minimum Gasteiger partial charge on any atom is -0.326 e. The van der Waals surface area contributed by atoms with Crippen LogP contribution in [0.3, 0.4) is 0 Å². The maximum Gasteiger partial charge on any atom is 0.272 e. The Morgan fingerprint density at radius 2 is 1.60 bits per heavy atom. The lowest BCUT2D eigenvalue weighted by molar-refractivity contribution is -0.119. The quantitative estimate of drug-likeness (QED) is 0.462. The number of carbonyl (C=O) groups excluding carboxylic acids is 2. The molecule has 1 saturated carbocycles. The second-order valence-electron chi connectivity index (χ2n) is 7.71. The first-order valence-corrected chi connectivity index (χ1v) is 10.4. The number of rotatable bonds is 5. The van der Waals surface area contributed by atoms with Gasteiger partial charge in [0.25, 0.3) is 5.91 Å². The first kappa shape index (κ1) is 19.8. The van der Waals surface area contributed by atoms with Crippen LogP contribution in [0.5, 0.6) is 0 Å². The average molecular weight is 399 g/mol. The molecule has 1 aliphatic carbocycles. The summed E-state index contributed by atoms with van der Waals surface area (Å²) in [6, 6.07) is 21.0. The highest BCUT2D eigenvalue weighted by atomic mass is 16.2. The normalized spacial score (nSPS) is 14.6. The van der Waals surface area contributed by atoms with Crippen LogP contribution in [-0.4, -0.2) is 17.5 Å². The molecule has 3 aromatic carbocycles. The molecule has 5 nitrogen and oxygen atoms in total. The van der Waals surface area contributed by atoms with Gasteiger partial charge in [-0.15, -0.1) is 0 Å². The van der Waals surface area contributed by atoms with Gasteiger partial charge in [0.2, 0.25) is 5.91 Å². The first-order chi connectivity index (χ1) is 14.6. The van der Waals surface area contributed by atoms with E-state index in [9.17, 15) is 9.59 Å². The van der Waals surface area contributed by atoms with E-state index < -0.39 is 0 Å². The number of nitrogens with zero attached hydrogens (tertiary/aromatic N) is 1. The van der Waals surface area contributed by atoms with Gasteiger partial charge in [-0.05, 0) is 54.3 Å². The Morgan fingerprint density at radius 3 is 2.37 bits per heavy atom. The van der Waals surface area contributed by atoms with E-state index in [0.29, 0.717) is 11.3 Å². The largest absolute Gasteiger partial charge is 0.326 e. The Hall–Kier alpha value is -3.47. The summed E-state index contributed by atoms with van der Waals surface area (Å²) in [5, 5.41) is 9.16. The Labute approximate surface area is 176 Å². The zero-order chi connectivity index (χ0) is 20.9. The molecule has 2 amide bonds. The van der Waals surface area contributed by atoms with E-state index in [0.717, 1.165) is 47.7 Å². The topological polar surface area (TPSA) is 70.6 Å². The number of hydrogen-bond acceptors (Lipinski definition) is 3. The summed E-state index contributed by atoms with van der Waals surface area (Å²) in [6.07, 6.45) is 4.23. The second-order valence-corrected chi connectivity index (χ2v) is 7.71. The summed E-state index contributed by atoms with van der Waals surface area (Å²) in [5.74, 6) is -0.00292. The number of fused-ring (bicyclic) bond motifs is 1. The molecule has 2 N–H and O–H groups in total. The molecule has 0 unspecified atom stereocenters. The molecule has 152 valence electrons. The monoisotopic (exact) mass is 399 g/mol. The van der Waals surface area contributed by atoms with E-state index in [1.54, 1.807) is 6.07 Å². The Bertz CT molecular complexity index is 1090. The van der Waals surface area contributed by atoms with Gasteiger partial charge in [0, 0.05) is 17.2 Å². The van der Waals surface area contributed by atoms with Crippen molar-refractivity contribution in [3.8, 4) is 0 Å². The number of hydrogen-bond donors (Lipinski definition) is 2. The molecule has 0 heterocycles. The van der Waals surface area contributed by atoms with Crippen LogP contribution in [-0.2, 0) is 4.79 Å². The smallest absolute Gasteiger partial charge is 0.272 e. The highest BCUT2D eigenvalue weighted by Gasteiger charge is 2.22. The summed E-state index contributed by atoms with van der Waals surface area (Å²) in [6.45, 7) is 1.84. The van der Waals surface area contributed by atoms with Gasteiger partial charge in [-0.3, -0.25) is 9.59 Å². The lowest BCUT2D eigenvalue weighted by atomic mass is 10.0. The van der Waals surface area contributed by atoms with E-state index in [1.807, 2.05) is 67.6 Å². The number of anilines is 1. The fraction of sp³-hybridized carbons (Fsp3) is 0.240. The van der Waals surface area contributed by atoms with Crippen LogP contribution in [0.2, 0.25) is 0 Å². The minimum absolute atomic E-state index is 0.105. The lowest BCUT2D eigenvalue weighted by Crippen LogP contribution is -2.20. The lowest BCUT2D eigenvalue weighted by Gasteiger charge is -2.11. The number of nitrogens with one attached hydrogen (secondary N) is 2. The van der Waals surface area contributed by atoms with E-state index in [2.05, 4.69) is 15.8 Å². The van der Waals surface area contributed by atoms with Crippen molar-refractivity contribution in [3.63, 3.8) is 0 Å². The molecule has 0 spiro atoms. The Balaban J connectivity index is 1.41. The molecule has 3 aromatic rings. The van der Waals surface area contributed by atoms with Crippen molar-refractivity contribution in [2.24, 2.45) is 11.0 Å². The average Bonchev–Trinajstić information content (AvgIpc) is 3.32. The highest BCUT2D eigenvalue weighted by Crippen LogP contribution is 2.26. The van der Waals surface area contributed by atoms with E-state index in [-0.39, 0.29) is 17.7 Å². The minimum atomic E-state index is -0.244. The van der Waals surface area contributed by atoms with Gasteiger partial charge in [0.05, 0.1) is 5.71 Å².